The summed E-state index contributed by atoms with van der Waals surface area (Å²) in [6.07, 6.45) is 0. The highest BCUT2D eigenvalue weighted by molar-refractivity contribution is 7.89. The zero-order valence-electron chi connectivity index (χ0n) is 18.7. The molecule has 34 heavy (non-hydrogen) atoms. The topological polar surface area (TPSA) is 113 Å². The van der Waals surface area contributed by atoms with Crippen LogP contribution >= 0.6 is 11.6 Å². The Hall–Kier alpha value is -3.40. The molecule has 4 aromatic rings. The minimum Gasteiger partial charge on any atom is -0.495 e. The molecule has 0 radical (unpaired) electrons. The smallest absolute Gasteiger partial charge is 0.255 e. The van der Waals surface area contributed by atoms with Gasteiger partial charge in [-0.05, 0) is 62.4 Å². The van der Waals surface area contributed by atoms with Crippen molar-refractivity contribution in [3.63, 3.8) is 0 Å². The molecule has 1 aromatic heterocycles. The number of hydrogen-bond acceptors (Lipinski definition) is 5. The number of fused-ring (bicyclic) bond motifs is 1. The lowest BCUT2D eigenvalue weighted by Gasteiger charge is -2.14. The number of aromatic nitrogens is 2. The minimum absolute atomic E-state index is 0.107. The number of carbonyl (C=O) groups excluding carboxylic acids is 1. The summed E-state index contributed by atoms with van der Waals surface area (Å²) in [5.74, 6) is 0.302. The maximum atomic E-state index is 12.9. The van der Waals surface area contributed by atoms with E-state index in [2.05, 4.69) is 20.0 Å². The van der Waals surface area contributed by atoms with E-state index in [9.17, 15) is 13.2 Å². The first kappa shape index (κ1) is 23.7. The van der Waals surface area contributed by atoms with Crippen LogP contribution in [0.15, 0.2) is 65.6 Å². The third-order valence-electron chi connectivity index (χ3n) is 4.97. The van der Waals surface area contributed by atoms with Gasteiger partial charge in [0.05, 0.1) is 23.2 Å². The van der Waals surface area contributed by atoms with Crippen LogP contribution in [0.4, 0.5) is 5.69 Å². The third-order valence-corrected chi connectivity index (χ3v) is 6.98. The first-order valence-corrected chi connectivity index (χ1v) is 12.3. The highest BCUT2D eigenvalue weighted by atomic mass is 35.5. The van der Waals surface area contributed by atoms with E-state index in [0.29, 0.717) is 27.6 Å². The van der Waals surface area contributed by atoms with Gasteiger partial charge in [-0.3, -0.25) is 4.79 Å². The van der Waals surface area contributed by atoms with Crippen molar-refractivity contribution >= 4 is 44.3 Å². The molecule has 3 N–H and O–H groups in total. The van der Waals surface area contributed by atoms with Crippen molar-refractivity contribution in [2.24, 2.45) is 0 Å². The second kappa shape index (κ2) is 9.46. The maximum Gasteiger partial charge on any atom is 0.255 e. The number of sulfonamides is 1. The van der Waals surface area contributed by atoms with Gasteiger partial charge in [-0.1, -0.05) is 23.7 Å². The summed E-state index contributed by atoms with van der Waals surface area (Å²) in [6, 6.07) is 16.6. The molecule has 0 atom stereocenters. The average molecular weight is 499 g/mol. The number of hydrogen-bond donors (Lipinski definition) is 3. The molecular formula is C24H23ClN4O4S. The van der Waals surface area contributed by atoms with Crippen molar-refractivity contribution in [1.29, 1.82) is 0 Å². The van der Waals surface area contributed by atoms with Gasteiger partial charge >= 0.3 is 0 Å². The van der Waals surface area contributed by atoms with Crippen molar-refractivity contribution in [3.8, 4) is 17.1 Å². The molecule has 1 heterocycles. The minimum atomic E-state index is -3.87. The summed E-state index contributed by atoms with van der Waals surface area (Å²) in [5, 5.41) is 3.38. The number of nitrogens with zero attached hydrogens (tertiary/aromatic N) is 1. The summed E-state index contributed by atoms with van der Waals surface area (Å²) in [5.41, 5.74) is 2.89. The van der Waals surface area contributed by atoms with Gasteiger partial charge in [0.15, 0.2) is 0 Å². The van der Waals surface area contributed by atoms with Crippen LogP contribution in [0.1, 0.15) is 24.2 Å². The fourth-order valence-electron chi connectivity index (χ4n) is 3.47. The highest BCUT2D eigenvalue weighted by Crippen LogP contribution is 2.29. The van der Waals surface area contributed by atoms with Crippen molar-refractivity contribution in [3.05, 3.63) is 71.2 Å². The van der Waals surface area contributed by atoms with E-state index in [4.69, 9.17) is 16.3 Å². The number of nitrogens with one attached hydrogen (secondary N) is 3. The number of methoxy groups -OCH3 is 1. The second-order valence-corrected chi connectivity index (χ2v) is 9.98. The SMILES string of the molecule is COc1ccc(C(=O)Nc2ccc3nc(-c4ccccc4Cl)[nH]c3c2)cc1S(=O)(=O)NC(C)C. The molecule has 0 spiro atoms. The van der Waals surface area contributed by atoms with Gasteiger partial charge in [-0.25, -0.2) is 18.1 Å². The number of rotatable bonds is 7. The molecular weight excluding hydrogens is 476 g/mol. The molecule has 8 nitrogen and oxygen atoms in total. The van der Waals surface area contributed by atoms with Crippen LogP contribution in [-0.2, 0) is 10.0 Å². The van der Waals surface area contributed by atoms with Crippen molar-refractivity contribution in [2.45, 2.75) is 24.8 Å². The van der Waals surface area contributed by atoms with Gasteiger partial charge in [0, 0.05) is 22.9 Å². The lowest BCUT2D eigenvalue weighted by Crippen LogP contribution is -2.30. The molecule has 4 rings (SSSR count). The summed E-state index contributed by atoms with van der Waals surface area (Å²) < 4.78 is 33.1. The summed E-state index contributed by atoms with van der Waals surface area (Å²) in [7, 11) is -2.49. The Bertz CT molecular complexity index is 1480. The highest BCUT2D eigenvalue weighted by Gasteiger charge is 2.22. The van der Waals surface area contributed by atoms with Gasteiger partial charge < -0.3 is 15.0 Å². The molecule has 3 aromatic carbocycles. The second-order valence-electron chi connectivity index (χ2n) is 7.89. The molecule has 0 saturated heterocycles. The van der Waals surface area contributed by atoms with Gasteiger partial charge in [0.2, 0.25) is 10.0 Å². The number of H-pyrrole nitrogens is 1. The molecule has 0 aliphatic heterocycles. The maximum absolute atomic E-state index is 12.9. The molecule has 0 saturated carbocycles. The summed E-state index contributed by atoms with van der Waals surface area (Å²) in [4.78, 5) is 20.6. The van der Waals surface area contributed by atoms with Crippen LogP contribution in [0.25, 0.3) is 22.4 Å². The van der Waals surface area contributed by atoms with Crippen molar-refractivity contribution in [1.82, 2.24) is 14.7 Å². The van der Waals surface area contributed by atoms with E-state index in [1.165, 1.54) is 25.3 Å². The normalized spacial score (nSPS) is 11.7. The Morgan fingerprint density at radius 1 is 1.09 bits per heavy atom. The lowest BCUT2D eigenvalue weighted by molar-refractivity contribution is 0.102. The fraction of sp³-hybridized carbons (Fsp3) is 0.167. The third kappa shape index (κ3) is 4.91. The van der Waals surface area contributed by atoms with E-state index >= 15 is 0 Å². The summed E-state index contributed by atoms with van der Waals surface area (Å²) in [6.45, 7) is 3.42. The summed E-state index contributed by atoms with van der Waals surface area (Å²) >= 11 is 6.28. The van der Waals surface area contributed by atoms with E-state index in [0.717, 1.165) is 5.56 Å². The predicted octanol–water partition coefficient (Wildman–Crippen LogP) is 4.83. The average Bonchev–Trinajstić information content (AvgIpc) is 3.21. The number of aromatic amines is 1. The van der Waals surface area contributed by atoms with E-state index in [-0.39, 0.29) is 22.3 Å². The quantitative estimate of drug-likeness (QED) is 0.337. The van der Waals surface area contributed by atoms with Crippen LogP contribution in [0.5, 0.6) is 5.75 Å². The number of benzene rings is 3. The van der Waals surface area contributed by atoms with Gasteiger partial charge in [-0.2, -0.15) is 0 Å². The molecule has 0 aliphatic carbocycles. The number of ether oxygens (including phenoxy) is 1. The molecule has 0 fully saturated rings. The van der Waals surface area contributed by atoms with Crippen LogP contribution in [-0.4, -0.2) is 37.4 Å². The van der Waals surface area contributed by atoms with Crippen LogP contribution in [0, 0.1) is 0 Å². The van der Waals surface area contributed by atoms with Crippen molar-refractivity contribution in [2.75, 3.05) is 12.4 Å². The Kier molecular flexibility index (Phi) is 6.60. The fourth-order valence-corrected chi connectivity index (χ4v) is 5.14. The first-order valence-electron chi connectivity index (χ1n) is 10.4. The van der Waals surface area contributed by atoms with Crippen LogP contribution < -0.4 is 14.8 Å². The largest absolute Gasteiger partial charge is 0.495 e. The Morgan fingerprint density at radius 3 is 2.56 bits per heavy atom. The van der Waals surface area contributed by atoms with Gasteiger partial charge in [-0.15, -0.1) is 0 Å². The molecule has 0 aliphatic rings. The first-order chi connectivity index (χ1) is 16.2. The van der Waals surface area contributed by atoms with Crippen LogP contribution in [0.2, 0.25) is 5.02 Å². The zero-order valence-corrected chi connectivity index (χ0v) is 20.3. The Balaban J connectivity index is 1.62. The number of halogens is 1. The monoisotopic (exact) mass is 498 g/mol. The number of imidazole rings is 1. The molecule has 0 unspecified atom stereocenters. The van der Waals surface area contributed by atoms with E-state index in [1.807, 2.05) is 18.2 Å². The van der Waals surface area contributed by atoms with E-state index < -0.39 is 15.9 Å². The Morgan fingerprint density at radius 2 is 1.85 bits per heavy atom. The zero-order chi connectivity index (χ0) is 24.5. The number of amides is 1. The van der Waals surface area contributed by atoms with Crippen LogP contribution in [0.3, 0.4) is 0 Å². The van der Waals surface area contributed by atoms with Gasteiger partial charge in [0.25, 0.3) is 5.91 Å². The number of anilines is 1. The number of carbonyl (C=O) groups is 1. The molecule has 10 heteroatoms. The van der Waals surface area contributed by atoms with Crippen molar-refractivity contribution < 1.29 is 17.9 Å². The standard InChI is InChI=1S/C24H23ClN4O4S/c1-14(2)29-34(31,32)22-12-15(8-11-21(22)33-3)24(30)26-16-9-10-19-20(13-16)28-23(27-19)17-6-4-5-7-18(17)25/h4-14,29H,1-3H3,(H,26,30)(H,27,28). The Labute approximate surface area is 202 Å². The van der Waals surface area contributed by atoms with Gasteiger partial charge in [0.1, 0.15) is 16.5 Å². The lowest BCUT2D eigenvalue weighted by atomic mass is 10.2. The molecule has 0 bridgehead atoms. The van der Waals surface area contributed by atoms with E-state index in [1.54, 1.807) is 38.1 Å². The molecule has 1 amide bonds. The molecule has 176 valence electrons. The predicted molar refractivity (Wildman–Crippen MR) is 133 cm³/mol.